The molecule has 5 aliphatic heterocycles. The molecule has 5 aliphatic rings. The van der Waals surface area contributed by atoms with Crippen LogP contribution in [0.3, 0.4) is 0 Å². The highest BCUT2D eigenvalue weighted by atomic mass is 16.5. The summed E-state index contributed by atoms with van der Waals surface area (Å²) in [5, 5.41) is 14.0. The highest BCUT2D eigenvalue weighted by Gasteiger charge is 2.25. The number of nitrogens with one attached hydrogen (secondary N) is 4. The molecule has 0 aliphatic carbocycles. The third-order valence-electron chi connectivity index (χ3n) is 11.1. The van der Waals surface area contributed by atoms with Crippen LogP contribution in [0.2, 0.25) is 0 Å². The summed E-state index contributed by atoms with van der Waals surface area (Å²) < 4.78 is 46.6. The Kier molecular flexibility index (Phi) is 15.7. The standard InChI is InChI=1S/C40H60N16O8/c1-13-57-25-26-58-14-2-43-35-31-32(48-39(51-35)55-9-21-63-22-10-55)36(52-40(47-31)56-11-23-64-24-12-56)44-4-16-60-28-27-59-15-3-42-34-30-29(45-38(50-34)54-7-19-62-20-8-54)33(41-1)49-37(46-30)53-5-17-61-18-6-53/h1-28H2,(H,41,46,49)(H,42,45,50)(H,43,48,51)(H,44,47,52). The van der Waals surface area contributed by atoms with E-state index >= 15 is 0 Å². The minimum Gasteiger partial charge on any atom is -0.378 e. The molecule has 24 heteroatoms. The van der Waals surface area contributed by atoms with Crippen LogP contribution in [0.15, 0.2) is 0 Å². The molecule has 348 valence electrons. The Balaban J connectivity index is 0.926. The zero-order valence-electron chi connectivity index (χ0n) is 36.4. The second-order valence-electron chi connectivity index (χ2n) is 15.4. The lowest BCUT2D eigenvalue weighted by atomic mass is 10.3. The molecule has 4 aromatic heterocycles. The van der Waals surface area contributed by atoms with E-state index in [-0.39, 0.29) is 0 Å². The van der Waals surface area contributed by atoms with Crippen LogP contribution in [-0.4, -0.2) is 224 Å². The van der Waals surface area contributed by atoms with Crippen molar-refractivity contribution in [3.05, 3.63) is 0 Å². The average Bonchev–Trinajstić information content (AvgIpc) is 3.35. The molecule has 4 aromatic rings. The van der Waals surface area contributed by atoms with Crippen molar-refractivity contribution in [2.24, 2.45) is 0 Å². The van der Waals surface area contributed by atoms with Crippen molar-refractivity contribution in [3.63, 3.8) is 0 Å². The molecule has 0 radical (unpaired) electrons. The molecule has 9 rings (SSSR count). The first-order chi connectivity index (χ1) is 31.8. The van der Waals surface area contributed by atoms with Crippen LogP contribution in [0.25, 0.3) is 22.1 Å². The Hall–Kier alpha value is -5.08. The summed E-state index contributed by atoms with van der Waals surface area (Å²) in [7, 11) is 0. The quantitative estimate of drug-likeness (QED) is 0.210. The average molecular weight is 893 g/mol. The molecule has 64 heavy (non-hydrogen) atoms. The fourth-order valence-corrected chi connectivity index (χ4v) is 7.71. The first-order valence-electron chi connectivity index (χ1n) is 22.5. The second-order valence-corrected chi connectivity index (χ2v) is 15.4. The SMILES string of the molecule is C1COCCOCCNc2nc(N3CCOCC3)nc3c(nc(N4CCOCC4)nc23)NCCOCCOCCNc2nc(N3CCOCC3)nc3c(nc(N4CCOCC4)nc23)N1. The van der Waals surface area contributed by atoms with Gasteiger partial charge in [0.1, 0.15) is 22.1 Å². The Morgan fingerprint density at radius 1 is 0.250 bits per heavy atom. The van der Waals surface area contributed by atoms with Gasteiger partial charge in [0.05, 0.1) is 106 Å². The fourth-order valence-electron chi connectivity index (χ4n) is 7.71. The van der Waals surface area contributed by atoms with Crippen LogP contribution in [0.5, 0.6) is 0 Å². The summed E-state index contributed by atoms with van der Waals surface area (Å²) in [6.45, 7) is 15.6. The molecule has 0 amide bonds. The molecule has 8 bridgehead atoms. The van der Waals surface area contributed by atoms with Gasteiger partial charge in [-0.1, -0.05) is 0 Å². The minimum absolute atomic E-state index is 0.414. The lowest BCUT2D eigenvalue weighted by Crippen LogP contribution is -2.38. The van der Waals surface area contributed by atoms with Crippen LogP contribution in [0.1, 0.15) is 0 Å². The van der Waals surface area contributed by atoms with Gasteiger partial charge in [0.25, 0.3) is 0 Å². The maximum Gasteiger partial charge on any atom is 0.228 e. The molecule has 0 spiro atoms. The third-order valence-corrected chi connectivity index (χ3v) is 11.1. The normalized spacial score (nSPS) is 21.1. The second kappa shape index (κ2) is 22.7. The Morgan fingerprint density at radius 2 is 0.453 bits per heavy atom. The molecule has 9 heterocycles. The van der Waals surface area contributed by atoms with Gasteiger partial charge in [0, 0.05) is 78.5 Å². The van der Waals surface area contributed by atoms with E-state index in [1.54, 1.807) is 0 Å². The van der Waals surface area contributed by atoms with Gasteiger partial charge in [0.2, 0.25) is 23.8 Å². The number of anilines is 8. The van der Waals surface area contributed by atoms with E-state index in [0.717, 1.165) is 0 Å². The first-order valence-corrected chi connectivity index (χ1v) is 22.5. The van der Waals surface area contributed by atoms with E-state index in [2.05, 4.69) is 40.9 Å². The molecule has 0 unspecified atom stereocenters. The molecule has 4 saturated heterocycles. The molecule has 4 N–H and O–H groups in total. The van der Waals surface area contributed by atoms with E-state index in [9.17, 15) is 0 Å². The maximum atomic E-state index is 6.02. The summed E-state index contributed by atoms with van der Waals surface area (Å²) in [4.78, 5) is 48.6. The van der Waals surface area contributed by atoms with Crippen molar-refractivity contribution in [2.45, 2.75) is 0 Å². The van der Waals surface area contributed by atoms with E-state index in [4.69, 9.17) is 77.8 Å². The van der Waals surface area contributed by atoms with Crippen molar-refractivity contribution in [1.82, 2.24) is 39.9 Å². The van der Waals surface area contributed by atoms with Crippen molar-refractivity contribution in [2.75, 3.05) is 225 Å². The molecule has 24 nitrogen and oxygen atoms in total. The number of aromatic nitrogens is 8. The summed E-state index contributed by atoms with van der Waals surface area (Å²) in [6.07, 6.45) is 0. The van der Waals surface area contributed by atoms with Crippen LogP contribution >= 0.6 is 0 Å². The van der Waals surface area contributed by atoms with Crippen LogP contribution in [0.4, 0.5) is 47.1 Å². The molecule has 4 fully saturated rings. The van der Waals surface area contributed by atoms with Crippen molar-refractivity contribution < 1.29 is 37.9 Å². The van der Waals surface area contributed by atoms with E-state index in [1.165, 1.54) is 0 Å². The molecule has 0 aromatic carbocycles. The predicted octanol–water partition coefficient (Wildman–Crippen LogP) is -0.0728. The number of ether oxygens (including phenoxy) is 8. The summed E-state index contributed by atoms with van der Waals surface area (Å²) >= 11 is 0. The highest BCUT2D eigenvalue weighted by Crippen LogP contribution is 2.31. The van der Waals surface area contributed by atoms with Gasteiger partial charge < -0.3 is 78.8 Å². The fraction of sp³-hybridized carbons (Fsp3) is 0.700. The topological polar surface area (TPSA) is 238 Å². The van der Waals surface area contributed by atoms with Gasteiger partial charge in [0.15, 0.2) is 23.3 Å². The monoisotopic (exact) mass is 892 g/mol. The molecule has 0 atom stereocenters. The van der Waals surface area contributed by atoms with Gasteiger partial charge in [-0.3, -0.25) is 0 Å². The van der Waals surface area contributed by atoms with Gasteiger partial charge >= 0.3 is 0 Å². The number of nitrogens with zero attached hydrogens (tertiary/aromatic N) is 12. The van der Waals surface area contributed by atoms with Crippen molar-refractivity contribution in [3.8, 4) is 0 Å². The Morgan fingerprint density at radius 3 is 0.672 bits per heavy atom. The van der Waals surface area contributed by atoms with Crippen LogP contribution in [-0.2, 0) is 37.9 Å². The predicted molar refractivity (Wildman–Crippen MR) is 240 cm³/mol. The third kappa shape index (κ3) is 11.4. The Bertz CT molecular complexity index is 1810. The summed E-state index contributed by atoms with van der Waals surface area (Å²) in [6, 6.07) is 0. The smallest absolute Gasteiger partial charge is 0.228 e. The number of hydrogen-bond donors (Lipinski definition) is 4. The molecular formula is C40H60N16O8. The van der Waals surface area contributed by atoms with Gasteiger partial charge in [-0.2, -0.15) is 19.9 Å². The Labute approximate surface area is 371 Å². The van der Waals surface area contributed by atoms with Crippen molar-refractivity contribution >= 4 is 69.1 Å². The van der Waals surface area contributed by atoms with E-state index < -0.39 is 0 Å². The van der Waals surface area contributed by atoms with Crippen molar-refractivity contribution in [1.29, 1.82) is 0 Å². The van der Waals surface area contributed by atoms with Gasteiger partial charge in [-0.05, 0) is 0 Å². The number of morpholine rings is 4. The maximum absolute atomic E-state index is 6.02. The zero-order chi connectivity index (χ0) is 43.2. The van der Waals surface area contributed by atoms with Crippen LogP contribution < -0.4 is 40.9 Å². The van der Waals surface area contributed by atoms with Crippen LogP contribution in [0, 0.1) is 0 Å². The van der Waals surface area contributed by atoms with E-state index in [1.807, 2.05) is 0 Å². The first kappa shape index (κ1) is 44.1. The summed E-state index contributed by atoms with van der Waals surface area (Å²) in [5.74, 6) is 4.79. The minimum atomic E-state index is 0.414. The highest BCUT2D eigenvalue weighted by molar-refractivity contribution is 5.95. The van der Waals surface area contributed by atoms with E-state index in [0.29, 0.717) is 253 Å². The molecular weight excluding hydrogens is 833 g/mol. The lowest BCUT2D eigenvalue weighted by Gasteiger charge is -2.29. The van der Waals surface area contributed by atoms with Gasteiger partial charge in [-0.25, -0.2) is 19.9 Å². The number of rotatable bonds is 4. The lowest BCUT2D eigenvalue weighted by molar-refractivity contribution is 0.0556. The van der Waals surface area contributed by atoms with Gasteiger partial charge in [-0.15, -0.1) is 0 Å². The zero-order valence-corrected chi connectivity index (χ0v) is 36.4. The molecule has 0 saturated carbocycles. The number of hydrogen-bond acceptors (Lipinski definition) is 24. The largest absolute Gasteiger partial charge is 0.378 e. The summed E-state index contributed by atoms with van der Waals surface area (Å²) in [5.41, 5.74) is 2.48.